The predicted octanol–water partition coefficient (Wildman–Crippen LogP) is 3.79. The molecule has 0 aliphatic carbocycles. The molecule has 1 aromatic heterocycles. The topological polar surface area (TPSA) is 58.4 Å². The average Bonchev–Trinajstić information content (AvgIpc) is 3.12. The van der Waals surface area contributed by atoms with E-state index in [-0.39, 0.29) is 11.6 Å². The minimum atomic E-state index is -0.923. The van der Waals surface area contributed by atoms with Crippen LogP contribution in [0.5, 0.6) is 0 Å². The van der Waals surface area contributed by atoms with Gasteiger partial charge < -0.3 is 14.6 Å². The van der Waals surface area contributed by atoms with E-state index in [0.29, 0.717) is 0 Å². The Morgan fingerprint density at radius 1 is 1.12 bits per heavy atom. The standard InChI is InChI=1S/C21H23N3O2/c1-23(2)14-12-19(16-6-4-3-5-7-16)24-15-13-22-20(24)17-8-10-18(11-9-17)21(25)26/h3-11,13,15,19H,12,14H2,1-2H3,(H,25,26). The number of carboxylic acids is 1. The molecule has 1 unspecified atom stereocenters. The molecule has 0 spiro atoms. The average molecular weight is 349 g/mol. The van der Waals surface area contributed by atoms with E-state index in [0.717, 1.165) is 24.4 Å². The predicted molar refractivity (Wildman–Crippen MR) is 102 cm³/mol. The Hall–Kier alpha value is -2.92. The van der Waals surface area contributed by atoms with Crippen LogP contribution in [-0.4, -0.2) is 46.2 Å². The van der Waals surface area contributed by atoms with Crippen LogP contribution >= 0.6 is 0 Å². The number of aromatic carboxylic acids is 1. The van der Waals surface area contributed by atoms with Gasteiger partial charge in [0.05, 0.1) is 11.6 Å². The number of carboxylic acid groups (broad SMARTS) is 1. The minimum absolute atomic E-state index is 0.162. The van der Waals surface area contributed by atoms with Crippen LogP contribution in [0.2, 0.25) is 0 Å². The first-order valence-electron chi connectivity index (χ1n) is 8.62. The summed E-state index contributed by atoms with van der Waals surface area (Å²) < 4.78 is 2.18. The molecule has 5 heteroatoms. The van der Waals surface area contributed by atoms with Gasteiger partial charge in [-0.3, -0.25) is 0 Å². The highest BCUT2D eigenvalue weighted by atomic mass is 16.4. The molecule has 0 amide bonds. The van der Waals surface area contributed by atoms with Gasteiger partial charge in [-0.2, -0.15) is 0 Å². The fourth-order valence-corrected chi connectivity index (χ4v) is 3.07. The number of carbonyl (C=O) groups is 1. The summed E-state index contributed by atoms with van der Waals surface area (Å²) in [4.78, 5) is 17.8. The van der Waals surface area contributed by atoms with Gasteiger partial charge in [0.1, 0.15) is 5.82 Å². The maximum atomic E-state index is 11.1. The van der Waals surface area contributed by atoms with Gasteiger partial charge in [-0.1, -0.05) is 42.5 Å². The van der Waals surface area contributed by atoms with Gasteiger partial charge in [-0.15, -0.1) is 0 Å². The SMILES string of the molecule is CN(C)CCC(c1ccccc1)n1ccnc1-c1ccc(C(=O)O)cc1. The van der Waals surface area contributed by atoms with E-state index in [1.165, 1.54) is 5.56 Å². The summed E-state index contributed by atoms with van der Waals surface area (Å²) in [5, 5.41) is 9.09. The maximum Gasteiger partial charge on any atom is 0.335 e. The Bertz CT molecular complexity index is 854. The largest absolute Gasteiger partial charge is 0.478 e. The van der Waals surface area contributed by atoms with Crippen molar-refractivity contribution in [3.8, 4) is 11.4 Å². The van der Waals surface area contributed by atoms with Gasteiger partial charge in [-0.25, -0.2) is 9.78 Å². The molecule has 1 atom stereocenters. The number of benzene rings is 2. The lowest BCUT2D eigenvalue weighted by atomic mass is 10.0. The van der Waals surface area contributed by atoms with Gasteiger partial charge >= 0.3 is 5.97 Å². The summed E-state index contributed by atoms with van der Waals surface area (Å²) in [5.74, 6) is -0.0809. The van der Waals surface area contributed by atoms with Crippen molar-refractivity contribution in [1.29, 1.82) is 0 Å². The monoisotopic (exact) mass is 349 g/mol. The van der Waals surface area contributed by atoms with E-state index in [4.69, 9.17) is 5.11 Å². The molecule has 1 heterocycles. The molecule has 0 aliphatic rings. The van der Waals surface area contributed by atoms with Crippen LogP contribution in [0.1, 0.15) is 28.4 Å². The lowest BCUT2D eigenvalue weighted by molar-refractivity contribution is 0.0697. The Morgan fingerprint density at radius 3 is 2.42 bits per heavy atom. The Balaban J connectivity index is 1.98. The Kier molecular flexibility index (Phi) is 5.49. The van der Waals surface area contributed by atoms with Gasteiger partial charge in [0.2, 0.25) is 0 Å². The molecule has 0 radical (unpaired) electrons. The van der Waals surface area contributed by atoms with Gasteiger partial charge in [0.25, 0.3) is 0 Å². The lowest BCUT2D eigenvalue weighted by Gasteiger charge is -2.23. The molecule has 134 valence electrons. The third kappa shape index (κ3) is 4.00. The first-order chi connectivity index (χ1) is 12.6. The number of nitrogens with zero attached hydrogens (tertiary/aromatic N) is 3. The second-order valence-corrected chi connectivity index (χ2v) is 6.56. The van der Waals surface area contributed by atoms with E-state index in [9.17, 15) is 4.79 Å². The van der Waals surface area contributed by atoms with E-state index in [1.807, 2.05) is 24.4 Å². The third-order valence-electron chi connectivity index (χ3n) is 4.43. The van der Waals surface area contributed by atoms with Crippen LogP contribution in [0.15, 0.2) is 67.0 Å². The zero-order valence-corrected chi connectivity index (χ0v) is 15.0. The Morgan fingerprint density at radius 2 is 1.81 bits per heavy atom. The third-order valence-corrected chi connectivity index (χ3v) is 4.43. The lowest BCUT2D eigenvalue weighted by Crippen LogP contribution is -2.20. The molecule has 5 nitrogen and oxygen atoms in total. The molecule has 0 aliphatic heterocycles. The zero-order valence-electron chi connectivity index (χ0n) is 15.0. The van der Waals surface area contributed by atoms with Crippen LogP contribution in [0.3, 0.4) is 0 Å². The van der Waals surface area contributed by atoms with E-state index >= 15 is 0 Å². The van der Waals surface area contributed by atoms with Crippen LogP contribution in [-0.2, 0) is 0 Å². The summed E-state index contributed by atoms with van der Waals surface area (Å²) >= 11 is 0. The van der Waals surface area contributed by atoms with Crippen molar-refractivity contribution < 1.29 is 9.90 Å². The summed E-state index contributed by atoms with van der Waals surface area (Å²) in [5.41, 5.74) is 2.42. The highest BCUT2D eigenvalue weighted by Gasteiger charge is 2.18. The molecule has 1 N–H and O–H groups in total. The Labute approximate surface area is 153 Å². The molecule has 0 fully saturated rings. The van der Waals surface area contributed by atoms with Gasteiger partial charge in [0, 0.05) is 18.0 Å². The molecule has 3 rings (SSSR count). The summed E-state index contributed by atoms with van der Waals surface area (Å²) in [6, 6.07) is 17.4. The summed E-state index contributed by atoms with van der Waals surface area (Å²) in [6.07, 6.45) is 4.74. The van der Waals surface area contributed by atoms with E-state index < -0.39 is 5.97 Å². The van der Waals surface area contributed by atoms with Crippen LogP contribution < -0.4 is 0 Å². The first-order valence-corrected chi connectivity index (χ1v) is 8.62. The molecule has 0 saturated heterocycles. The number of hydrogen-bond donors (Lipinski definition) is 1. The number of rotatable bonds is 7. The van der Waals surface area contributed by atoms with E-state index in [2.05, 4.69) is 52.8 Å². The van der Waals surface area contributed by atoms with E-state index in [1.54, 1.807) is 18.3 Å². The van der Waals surface area contributed by atoms with Crippen molar-refractivity contribution in [2.45, 2.75) is 12.5 Å². The van der Waals surface area contributed by atoms with Crippen LogP contribution in [0.4, 0.5) is 0 Å². The molecule has 2 aromatic carbocycles. The number of aromatic nitrogens is 2. The minimum Gasteiger partial charge on any atom is -0.478 e. The van der Waals surface area contributed by atoms with Crippen molar-refractivity contribution in [3.63, 3.8) is 0 Å². The zero-order chi connectivity index (χ0) is 18.5. The molecule has 3 aromatic rings. The molecule has 26 heavy (non-hydrogen) atoms. The van der Waals surface area contributed by atoms with Crippen molar-refractivity contribution in [2.75, 3.05) is 20.6 Å². The second-order valence-electron chi connectivity index (χ2n) is 6.56. The highest BCUT2D eigenvalue weighted by molar-refractivity contribution is 5.88. The number of imidazole rings is 1. The van der Waals surface area contributed by atoms with Gasteiger partial charge in [-0.05, 0) is 44.8 Å². The molecular weight excluding hydrogens is 326 g/mol. The second kappa shape index (κ2) is 7.97. The van der Waals surface area contributed by atoms with Crippen LogP contribution in [0, 0.1) is 0 Å². The smallest absolute Gasteiger partial charge is 0.335 e. The van der Waals surface area contributed by atoms with Crippen molar-refractivity contribution in [1.82, 2.24) is 14.5 Å². The first kappa shape index (κ1) is 17.9. The number of hydrogen-bond acceptors (Lipinski definition) is 3. The molecular formula is C21H23N3O2. The molecule has 0 bridgehead atoms. The fourth-order valence-electron chi connectivity index (χ4n) is 3.07. The van der Waals surface area contributed by atoms with Crippen molar-refractivity contribution in [3.05, 3.63) is 78.1 Å². The normalized spacial score (nSPS) is 12.3. The highest BCUT2D eigenvalue weighted by Crippen LogP contribution is 2.28. The summed E-state index contributed by atoms with van der Waals surface area (Å²) in [6.45, 7) is 0.954. The van der Waals surface area contributed by atoms with Gasteiger partial charge in [0.15, 0.2) is 0 Å². The van der Waals surface area contributed by atoms with Crippen LogP contribution in [0.25, 0.3) is 11.4 Å². The molecule has 0 saturated carbocycles. The maximum absolute atomic E-state index is 11.1. The quantitative estimate of drug-likeness (QED) is 0.705. The fraction of sp³-hybridized carbons (Fsp3) is 0.238. The van der Waals surface area contributed by atoms with Crippen molar-refractivity contribution in [2.24, 2.45) is 0 Å². The van der Waals surface area contributed by atoms with Crippen molar-refractivity contribution >= 4 is 5.97 Å². The summed E-state index contributed by atoms with van der Waals surface area (Å²) in [7, 11) is 4.14.